The van der Waals surface area contributed by atoms with Crippen LogP contribution in [0.1, 0.15) is 16.8 Å². The predicted octanol–water partition coefficient (Wildman–Crippen LogP) is 3.14. The Labute approximate surface area is 168 Å². The van der Waals surface area contributed by atoms with Crippen LogP contribution in [0, 0.1) is 16.0 Å². The van der Waals surface area contributed by atoms with Crippen LogP contribution in [-0.4, -0.2) is 35.7 Å². The van der Waals surface area contributed by atoms with Gasteiger partial charge in [-0.05, 0) is 36.4 Å². The van der Waals surface area contributed by atoms with Crippen molar-refractivity contribution in [3.8, 4) is 0 Å². The summed E-state index contributed by atoms with van der Waals surface area (Å²) in [6.45, 7) is -0.301. The van der Waals surface area contributed by atoms with Gasteiger partial charge in [0.1, 0.15) is 0 Å². The SMILES string of the molecule is O=C(COC(=O)C1CC(=O)N(c2ccc(Br)cc2)C1)c1ccc([N+](=O)[O-])cc1. The van der Waals surface area contributed by atoms with Gasteiger partial charge in [-0.3, -0.25) is 24.5 Å². The van der Waals surface area contributed by atoms with Crippen LogP contribution < -0.4 is 4.90 Å². The van der Waals surface area contributed by atoms with Gasteiger partial charge in [0.25, 0.3) is 5.69 Å². The molecule has 1 aliphatic heterocycles. The van der Waals surface area contributed by atoms with Crippen molar-refractivity contribution >= 4 is 45.0 Å². The first-order chi connectivity index (χ1) is 13.3. The Balaban J connectivity index is 1.56. The first kappa shape index (κ1) is 19.7. The Kier molecular flexibility index (Phi) is 5.84. The highest BCUT2D eigenvalue weighted by molar-refractivity contribution is 9.10. The summed E-state index contributed by atoms with van der Waals surface area (Å²) < 4.78 is 5.94. The zero-order valence-corrected chi connectivity index (χ0v) is 16.1. The van der Waals surface area contributed by atoms with Crippen LogP contribution in [0.3, 0.4) is 0 Å². The van der Waals surface area contributed by atoms with Crippen LogP contribution in [0.5, 0.6) is 0 Å². The van der Waals surface area contributed by atoms with E-state index in [9.17, 15) is 24.5 Å². The molecule has 144 valence electrons. The number of esters is 1. The minimum absolute atomic E-state index is 0.0145. The molecule has 1 saturated heterocycles. The number of anilines is 1. The summed E-state index contributed by atoms with van der Waals surface area (Å²) in [7, 11) is 0. The Morgan fingerprint density at radius 1 is 1.14 bits per heavy atom. The molecule has 3 rings (SSSR count). The number of Topliss-reactive ketones (excluding diaryl/α,β-unsaturated/α-hetero) is 1. The number of ether oxygens (including phenoxy) is 1. The van der Waals surface area contributed by atoms with E-state index in [4.69, 9.17) is 4.74 Å². The molecule has 1 fully saturated rings. The van der Waals surface area contributed by atoms with Crippen molar-refractivity contribution in [3.63, 3.8) is 0 Å². The summed E-state index contributed by atoms with van der Waals surface area (Å²) in [4.78, 5) is 48.1. The number of benzene rings is 2. The third-order valence-electron chi connectivity index (χ3n) is 4.34. The van der Waals surface area contributed by atoms with E-state index < -0.39 is 29.2 Å². The van der Waals surface area contributed by atoms with Gasteiger partial charge in [0.2, 0.25) is 5.91 Å². The van der Waals surface area contributed by atoms with Gasteiger partial charge in [-0.25, -0.2) is 0 Å². The highest BCUT2D eigenvalue weighted by Crippen LogP contribution is 2.27. The minimum atomic E-state index is -0.652. The number of nitro groups is 1. The molecule has 2 aromatic rings. The molecule has 1 amide bonds. The summed E-state index contributed by atoms with van der Waals surface area (Å²) in [6, 6.07) is 12.2. The van der Waals surface area contributed by atoms with Crippen molar-refractivity contribution in [2.75, 3.05) is 18.1 Å². The number of halogens is 1. The smallest absolute Gasteiger partial charge is 0.311 e. The standard InChI is InChI=1S/C19H15BrN2O6/c20-14-3-7-15(8-4-14)21-10-13(9-18(21)24)19(25)28-11-17(23)12-1-5-16(6-2-12)22(26)27/h1-8,13H,9-11H2. The van der Waals surface area contributed by atoms with E-state index in [2.05, 4.69) is 15.9 Å². The molecule has 0 bridgehead atoms. The van der Waals surface area contributed by atoms with Gasteiger partial charge in [-0.1, -0.05) is 15.9 Å². The second kappa shape index (κ2) is 8.30. The van der Waals surface area contributed by atoms with Crippen molar-refractivity contribution in [1.82, 2.24) is 0 Å². The number of carbonyl (C=O) groups is 3. The summed E-state index contributed by atoms with van der Waals surface area (Å²) in [5, 5.41) is 10.6. The lowest BCUT2D eigenvalue weighted by Crippen LogP contribution is -2.27. The lowest BCUT2D eigenvalue weighted by Gasteiger charge is -2.16. The average Bonchev–Trinajstić information content (AvgIpc) is 3.08. The Morgan fingerprint density at radius 2 is 1.79 bits per heavy atom. The number of nitrogens with zero attached hydrogens (tertiary/aromatic N) is 2. The molecule has 0 aliphatic carbocycles. The van der Waals surface area contributed by atoms with E-state index in [1.165, 1.54) is 29.2 Å². The second-order valence-corrected chi connectivity index (χ2v) is 7.13. The fraction of sp³-hybridized carbons (Fsp3) is 0.211. The third kappa shape index (κ3) is 4.42. The molecule has 0 N–H and O–H groups in total. The minimum Gasteiger partial charge on any atom is -0.457 e. The van der Waals surface area contributed by atoms with E-state index in [-0.39, 0.29) is 30.1 Å². The molecule has 8 nitrogen and oxygen atoms in total. The monoisotopic (exact) mass is 446 g/mol. The van der Waals surface area contributed by atoms with E-state index in [0.717, 1.165) is 4.47 Å². The van der Waals surface area contributed by atoms with Crippen LogP contribution in [0.2, 0.25) is 0 Å². The van der Waals surface area contributed by atoms with Gasteiger partial charge in [-0.15, -0.1) is 0 Å². The number of non-ortho nitro benzene ring substituents is 1. The maximum Gasteiger partial charge on any atom is 0.311 e. The summed E-state index contributed by atoms with van der Waals surface area (Å²) in [5.41, 5.74) is 0.758. The highest BCUT2D eigenvalue weighted by Gasteiger charge is 2.36. The molecule has 1 heterocycles. The van der Waals surface area contributed by atoms with Crippen molar-refractivity contribution in [1.29, 1.82) is 0 Å². The van der Waals surface area contributed by atoms with Gasteiger partial charge >= 0.3 is 5.97 Å². The molecular weight excluding hydrogens is 432 g/mol. The maximum absolute atomic E-state index is 12.3. The normalized spacial score (nSPS) is 16.1. The van der Waals surface area contributed by atoms with E-state index in [1.54, 1.807) is 24.3 Å². The number of hydrogen-bond acceptors (Lipinski definition) is 6. The quantitative estimate of drug-likeness (QED) is 0.292. The Bertz CT molecular complexity index is 926. The number of carbonyl (C=O) groups excluding carboxylic acids is 3. The second-order valence-electron chi connectivity index (χ2n) is 6.22. The zero-order valence-electron chi connectivity index (χ0n) is 14.5. The van der Waals surface area contributed by atoms with Crippen LogP contribution in [0.25, 0.3) is 0 Å². The van der Waals surface area contributed by atoms with Crippen molar-refractivity contribution in [2.24, 2.45) is 5.92 Å². The number of nitro benzene ring substituents is 1. The maximum atomic E-state index is 12.3. The van der Waals surface area contributed by atoms with E-state index >= 15 is 0 Å². The van der Waals surface area contributed by atoms with Crippen molar-refractivity contribution in [2.45, 2.75) is 6.42 Å². The Morgan fingerprint density at radius 3 is 2.39 bits per heavy atom. The van der Waals surface area contributed by atoms with Gasteiger partial charge in [0.15, 0.2) is 12.4 Å². The van der Waals surface area contributed by atoms with Crippen LogP contribution >= 0.6 is 15.9 Å². The van der Waals surface area contributed by atoms with E-state index in [0.29, 0.717) is 5.69 Å². The molecule has 1 atom stereocenters. The highest BCUT2D eigenvalue weighted by atomic mass is 79.9. The molecule has 2 aromatic carbocycles. The fourth-order valence-corrected chi connectivity index (χ4v) is 3.11. The molecule has 1 aliphatic rings. The first-order valence-electron chi connectivity index (χ1n) is 8.35. The molecule has 0 aromatic heterocycles. The van der Waals surface area contributed by atoms with Gasteiger partial charge in [0.05, 0.1) is 10.8 Å². The molecule has 0 saturated carbocycles. The summed E-state index contributed by atoms with van der Waals surface area (Å²) in [5.74, 6) is -1.94. The van der Waals surface area contributed by atoms with Gasteiger partial charge in [-0.2, -0.15) is 0 Å². The molecule has 0 spiro atoms. The van der Waals surface area contributed by atoms with Crippen LogP contribution in [0.15, 0.2) is 53.0 Å². The number of hydrogen-bond donors (Lipinski definition) is 0. The van der Waals surface area contributed by atoms with Crippen LogP contribution in [0.4, 0.5) is 11.4 Å². The molecule has 28 heavy (non-hydrogen) atoms. The van der Waals surface area contributed by atoms with Crippen molar-refractivity contribution < 1.29 is 24.0 Å². The average molecular weight is 447 g/mol. The topological polar surface area (TPSA) is 107 Å². The largest absolute Gasteiger partial charge is 0.457 e. The summed E-state index contributed by atoms with van der Waals surface area (Å²) >= 11 is 3.33. The molecule has 0 radical (unpaired) electrons. The predicted molar refractivity (Wildman–Crippen MR) is 103 cm³/mol. The number of ketones is 1. The lowest BCUT2D eigenvalue weighted by molar-refractivity contribution is -0.384. The third-order valence-corrected chi connectivity index (χ3v) is 4.87. The van der Waals surface area contributed by atoms with Crippen LogP contribution in [-0.2, 0) is 14.3 Å². The first-order valence-corrected chi connectivity index (χ1v) is 9.14. The molecule has 9 heteroatoms. The van der Waals surface area contributed by atoms with Gasteiger partial charge < -0.3 is 9.64 Å². The molecule has 1 unspecified atom stereocenters. The zero-order chi connectivity index (χ0) is 20.3. The molecular formula is C19H15BrN2O6. The van der Waals surface area contributed by atoms with Gasteiger partial charge in [0, 0.05) is 40.8 Å². The number of rotatable bonds is 6. The van der Waals surface area contributed by atoms with E-state index in [1.807, 2.05) is 0 Å². The number of amides is 1. The summed E-state index contributed by atoms with van der Waals surface area (Å²) in [6.07, 6.45) is 0.0145. The van der Waals surface area contributed by atoms with Crippen molar-refractivity contribution in [3.05, 3.63) is 68.7 Å². The fourth-order valence-electron chi connectivity index (χ4n) is 2.84. The lowest BCUT2D eigenvalue weighted by atomic mass is 10.1. The Hall–Kier alpha value is -3.07.